The standard InChI is InChI=1S/C15H22O2/c1-3-7-13(2)15(16)10-11-17-12-14-8-5-4-6-9-14/h3-6,8-9,13,15-16H,1,7,10-12H2,2H3/t13-,15+/m0/s1. The molecule has 2 heteroatoms. The van der Waals surface area contributed by atoms with Crippen LogP contribution in [-0.4, -0.2) is 17.8 Å². The molecule has 0 bridgehead atoms. The molecule has 94 valence electrons. The predicted octanol–water partition coefficient (Wildman–Crippen LogP) is 3.17. The fourth-order valence-electron chi connectivity index (χ4n) is 1.67. The van der Waals surface area contributed by atoms with Crippen molar-refractivity contribution in [3.63, 3.8) is 0 Å². The molecule has 0 saturated carbocycles. The lowest BCUT2D eigenvalue weighted by Crippen LogP contribution is -2.19. The maximum Gasteiger partial charge on any atom is 0.0716 e. The van der Waals surface area contributed by atoms with E-state index in [0.717, 1.165) is 6.42 Å². The van der Waals surface area contributed by atoms with Gasteiger partial charge in [0.2, 0.25) is 0 Å². The van der Waals surface area contributed by atoms with E-state index in [4.69, 9.17) is 4.74 Å². The van der Waals surface area contributed by atoms with Crippen LogP contribution in [0.15, 0.2) is 43.0 Å². The Morgan fingerprint density at radius 1 is 1.35 bits per heavy atom. The molecule has 1 aromatic carbocycles. The largest absolute Gasteiger partial charge is 0.393 e. The molecule has 0 fully saturated rings. The molecule has 0 amide bonds. The number of hydrogen-bond donors (Lipinski definition) is 1. The van der Waals surface area contributed by atoms with Crippen LogP contribution in [0.2, 0.25) is 0 Å². The third-order valence-electron chi connectivity index (χ3n) is 2.86. The van der Waals surface area contributed by atoms with Gasteiger partial charge in [0, 0.05) is 6.61 Å². The van der Waals surface area contributed by atoms with Crippen molar-refractivity contribution in [1.29, 1.82) is 0 Å². The highest BCUT2D eigenvalue weighted by Crippen LogP contribution is 2.12. The van der Waals surface area contributed by atoms with Crippen LogP contribution in [0.4, 0.5) is 0 Å². The monoisotopic (exact) mass is 234 g/mol. The summed E-state index contributed by atoms with van der Waals surface area (Å²) in [4.78, 5) is 0. The number of allylic oxidation sites excluding steroid dienone is 1. The van der Waals surface area contributed by atoms with Crippen LogP contribution in [0.1, 0.15) is 25.3 Å². The van der Waals surface area contributed by atoms with Gasteiger partial charge in [0.1, 0.15) is 0 Å². The summed E-state index contributed by atoms with van der Waals surface area (Å²) in [6.07, 6.45) is 3.07. The van der Waals surface area contributed by atoms with Crippen molar-refractivity contribution in [2.24, 2.45) is 5.92 Å². The van der Waals surface area contributed by atoms with Crippen LogP contribution in [0.3, 0.4) is 0 Å². The quantitative estimate of drug-likeness (QED) is 0.553. The van der Waals surface area contributed by atoms with Gasteiger partial charge in [-0.05, 0) is 24.3 Å². The Morgan fingerprint density at radius 3 is 2.71 bits per heavy atom. The maximum absolute atomic E-state index is 9.82. The summed E-state index contributed by atoms with van der Waals surface area (Å²) in [7, 11) is 0. The Kier molecular flexibility index (Phi) is 6.60. The van der Waals surface area contributed by atoms with E-state index in [2.05, 4.69) is 6.58 Å². The number of aliphatic hydroxyl groups excluding tert-OH is 1. The Morgan fingerprint density at radius 2 is 2.06 bits per heavy atom. The topological polar surface area (TPSA) is 29.5 Å². The normalized spacial score (nSPS) is 14.2. The Hall–Kier alpha value is -1.12. The van der Waals surface area contributed by atoms with Gasteiger partial charge in [0.05, 0.1) is 12.7 Å². The van der Waals surface area contributed by atoms with E-state index in [1.165, 1.54) is 5.56 Å². The van der Waals surface area contributed by atoms with Crippen molar-refractivity contribution < 1.29 is 9.84 Å². The van der Waals surface area contributed by atoms with Crippen LogP contribution in [0.25, 0.3) is 0 Å². The average molecular weight is 234 g/mol. The molecule has 0 aliphatic rings. The van der Waals surface area contributed by atoms with Crippen molar-refractivity contribution in [2.75, 3.05) is 6.61 Å². The lowest BCUT2D eigenvalue weighted by Gasteiger charge is -2.17. The first-order chi connectivity index (χ1) is 8.24. The van der Waals surface area contributed by atoms with E-state index in [-0.39, 0.29) is 12.0 Å². The maximum atomic E-state index is 9.82. The Balaban J connectivity index is 2.13. The molecule has 1 aromatic rings. The summed E-state index contributed by atoms with van der Waals surface area (Å²) in [5.74, 6) is 0.257. The number of hydrogen-bond acceptors (Lipinski definition) is 2. The highest BCUT2D eigenvalue weighted by atomic mass is 16.5. The van der Waals surface area contributed by atoms with Crippen molar-refractivity contribution in [3.8, 4) is 0 Å². The van der Waals surface area contributed by atoms with Crippen molar-refractivity contribution in [2.45, 2.75) is 32.5 Å². The molecule has 1 N–H and O–H groups in total. The molecule has 0 aliphatic heterocycles. The van der Waals surface area contributed by atoms with Gasteiger partial charge in [-0.3, -0.25) is 0 Å². The highest BCUT2D eigenvalue weighted by Gasteiger charge is 2.12. The van der Waals surface area contributed by atoms with E-state index in [0.29, 0.717) is 19.6 Å². The van der Waals surface area contributed by atoms with Crippen LogP contribution < -0.4 is 0 Å². The molecule has 0 aliphatic carbocycles. The van der Waals surface area contributed by atoms with Crippen LogP contribution >= 0.6 is 0 Å². The fourth-order valence-corrected chi connectivity index (χ4v) is 1.67. The summed E-state index contributed by atoms with van der Waals surface area (Å²) in [6.45, 7) is 6.92. The van der Waals surface area contributed by atoms with Crippen molar-refractivity contribution in [3.05, 3.63) is 48.6 Å². The predicted molar refractivity (Wildman–Crippen MR) is 70.7 cm³/mol. The van der Waals surface area contributed by atoms with Crippen LogP contribution in [0, 0.1) is 5.92 Å². The van der Waals surface area contributed by atoms with Gasteiger partial charge in [-0.25, -0.2) is 0 Å². The molecule has 1 rings (SSSR count). The van der Waals surface area contributed by atoms with Crippen LogP contribution in [-0.2, 0) is 11.3 Å². The van der Waals surface area contributed by atoms with Gasteiger partial charge >= 0.3 is 0 Å². The van der Waals surface area contributed by atoms with Crippen molar-refractivity contribution in [1.82, 2.24) is 0 Å². The third kappa shape index (κ3) is 5.66. The van der Waals surface area contributed by atoms with Crippen LogP contribution in [0.5, 0.6) is 0 Å². The summed E-state index contributed by atoms with van der Waals surface area (Å²) in [5.41, 5.74) is 1.17. The zero-order chi connectivity index (χ0) is 12.5. The number of ether oxygens (including phenoxy) is 1. The molecule has 2 nitrogen and oxygen atoms in total. The molecule has 0 heterocycles. The van der Waals surface area contributed by atoms with Gasteiger partial charge in [0.15, 0.2) is 0 Å². The Bertz CT molecular complexity index is 308. The van der Waals surface area contributed by atoms with Gasteiger partial charge < -0.3 is 9.84 Å². The SMILES string of the molecule is C=CC[C@H](C)[C@H](O)CCOCc1ccccc1. The molecular formula is C15H22O2. The van der Waals surface area contributed by atoms with E-state index in [9.17, 15) is 5.11 Å². The molecule has 0 radical (unpaired) electrons. The van der Waals surface area contributed by atoms with Gasteiger partial charge in [-0.2, -0.15) is 0 Å². The third-order valence-corrected chi connectivity index (χ3v) is 2.86. The minimum Gasteiger partial charge on any atom is -0.393 e. The number of aliphatic hydroxyl groups is 1. The summed E-state index contributed by atoms with van der Waals surface area (Å²) in [5, 5.41) is 9.82. The summed E-state index contributed by atoms with van der Waals surface area (Å²) >= 11 is 0. The van der Waals surface area contributed by atoms with E-state index >= 15 is 0 Å². The number of rotatable bonds is 8. The first kappa shape index (κ1) is 13.9. The summed E-state index contributed by atoms with van der Waals surface area (Å²) in [6, 6.07) is 10.1. The first-order valence-corrected chi connectivity index (χ1v) is 6.14. The molecule has 0 saturated heterocycles. The van der Waals surface area contributed by atoms with E-state index in [1.807, 2.05) is 43.3 Å². The number of benzene rings is 1. The zero-order valence-corrected chi connectivity index (χ0v) is 10.5. The van der Waals surface area contributed by atoms with Gasteiger partial charge in [-0.15, -0.1) is 6.58 Å². The van der Waals surface area contributed by atoms with E-state index < -0.39 is 0 Å². The zero-order valence-electron chi connectivity index (χ0n) is 10.5. The van der Waals surface area contributed by atoms with Gasteiger partial charge in [-0.1, -0.05) is 43.3 Å². The summed E-state index contributed by atoms with van der Waals surface area (Å²) < 4.78 is 5.53. The van der Waals surface area contributed by atoms with Crippen molar-refractivity contribution >= 4 is 0 Å². The second-order valence-corrected chi connectivity index (χ2v) is 4.40. The molecule has 0 unspecified atom stereocenters. The second-order valence-electron chi connectivity index (χ2n) is 4.40. The molecule has 17 heavy (non-hydrogen) atoms. The second kappa shape index (κ2) is 8.04. The lowest BCUT2D eigenvalue weighted by atomic mass is 9.99. The fraction of sp³-hybridized carbons (Fsp3) is 0.467. The minimum absolute atomic E-state index is 0.257. The lowest BCUT2D eigenvalue weighted by molar-refractivity contribution is 0.0501. The first-order valence-electron chi connectivity index (χ1n) is 6.14. The average Bonchev–Trinajstić information content (AvgIpc) is 2.36. The van der Waals surface area contributed by atoms with Gasteiger partial charge in [0.25, 0.3) is 0 Å². The molecular weight excluding hydrogens is 212 g/mol. The minimum atomic E-state index is -0.302. The molecule has 0 aromatic heterocycles. The molecule has 2 atom stereocenters. The molecule has 0 spiro atoms. The smallest absolute Gasteiger partial charge is 0.0716 e. The Labute approximate surface area is 104 Å². The highest BCUT2D eigenvalue weighted by molar-refractivity contribution is 5.13. The van der Waals surface area contributed by atoms with E-state index in [1.54, 1.807) is 0 Å².